The van der Waals surface area contributed by atoms with Crippen molar-refractivity contribution >= 4 is 23.1 Å². The molecule has 0 saturated heterocycles. The quantitative estimate of drug-likeness (QED) is 0.658. The fraction of sp³-hybridized carbons (Fsp3) is 0.857. The highest BCUT2D eigenvalue weighted by atomic mass is 32.1. The zero-order valence-electron chi connectivity index (χ0n) is 13.0. The topological polar surface area (TPSA) is 49.6 Å². The summed E-state index contributed by atoms with van der Waals surface area (Å²) >= 11 is 5.15. The van der Waals surface area contributed by atoms with Crippen LogP contribution in [0.25, 0.3) is 0 Å². The molecular weight excluding hydrogens is 258 g/mol. The number of amides is 1. The third-order valence-electron chi connectivity index (χ3n) is 3.79. The molecule has 0 saturated carbocycles. The molecule has 0 heterocycles. The molecule has 0 aromatic heterocycles. The van der Waals surface area contributed by atoms with Gasteiger partial charge in [0.15, 0.2) is 0 Å². The number of nitrogens with zero attached hydrogens (tertiary/aromatic N) is 2. The standard InChI is InChI=1S/C14H29N3OS/c1-6-14(7-2,12(15)19)13(18)17(8-3)11-9-10-16(4)5/h6-11H2,1-5H3,(H2,15,19). The van der Waals surface area contributed by atoms with Crippen molar-refractivity contribution in [2.45, 2.75) is 40.0 Å². The predicted octanol–water partition coefficient (Wildman–Crippen LogP) is 1.88. The maximum atomic E-state index is 12.7. The Morgan fingerprint density at radius 2 is 1.68 bits per heavy atom. The molecule has 112 valence electrons. The van der Waals surface area contributed by atoms with Crippen LogP contribution >= 0.6 is 12.2 Å². The largest absolute Gasteiger partial charge is 0.392 e. The van der Waals surface area contributed by atoms with Crippen molar-refractivity contribution in [2.24, 2.45) is 11.1 Å². The highest BCUT2D eigenvalue weighted by Crippen LogP contribution is 2.29. The highest BCUT2D eigenvalue weighted by molar-refractivity contribution is 7.80. The van der Waals surface area contributed by atoms with Gasteiger partial charge in [-0.25, -0.2) is 0 Å². The van der Waals surface area contributed by atoms with Crippen molar-refractivity contribution in [3.8, 4) is 0 Å². The van der Waals surface area contributed by atoms with Gasteiger partial charge in [-0.2, -0.15) is 0 Å². The van der Waals surface area contributed by atoms with Crippen molar-refractivity contribution in [1.29, 1.82) is 0 Å². The summed E-state index contributed by atoms with van der Waals surface area (Å²) in [5, 5.41) is 0. The number of rotatable bonds is 9. The second kappa shape index (κ2) is 8.48. The Balaban J connectivity index is 4.84. The van der Waals surface area contributed by atoms with Crippen LogP contribution in [0.5, 0.6) is 0 Å². The molecule has 0 fully saturated rings. The Hall–Kier alpha value is -0.680. The minimum atomic E-state index is -0.663. The van der Waals surface area contributed by atoms with Crippen molar-refractivity contribution in [1.82, 2.24) is 9.80 Å². The molecule has 0 bridgehead atoms. The van der Waals surface area contributed by atoms with Crippen LogP contribution in [-0.4, -0.2) is 54.4 Å². The lowest BCUT2D eigenvalue weighted by Gasteiger charge is -2.35. The number of carbonyl (C=O) groups is 1. The average Bonchev–Trinajstić information content (AvgIpc) is 2.35. The Morgan fingerprint density at radius 3 is 2.00 bits per heavy atom. The molecule has 0 rings (SSSR count). The molecule has 1 amide bonds. The van der Waals surface area contributed by atoms with Crippen LogP contribution in [0.15, 0.2) is 0 Å². The minimum absolute atomic E-state index is 0.0891. The first-order chi connectivity index (χ1) is 8.85. The number of nitrogens with two attached hydrogens (primary N) is 1. The first kappa shape index (κ1) is 18.3. The van der Waals surface area contributed by atoms with E-state index in [1.165, 1.54) is 0 Å². The molecule has 0 atom stereocenters. The van der Waals surface area contributed by atoms with E-state index >= 15 is 0 Å². The predicted molar refractivity (Wildman–Crippen MR) is 85.2 cm³/mol. The Kier molecular flexibility index (Phi) is 8.18. The Morgan fingerprint density at radius 1 is 1.16 bits per heavy atom. The average molecular weight is 287 g/mol. The molecule has 5 heteroatoms. The van der Waals surface area contributed by atoms with Gasteiger partial charge in [0.05, 0.1) is 10.4 Å². The van der Waals surface area contributed by atoms with Gasteiger partial charge in [-0.1, -0.05) is 26.1 Å². The van der Waals surface area contributed by atoms with Crippen molar-refractivity contribution in [3.63, 3.8) is 0 Å². The lowest BCUT2D eigenvalue weighted by atomic mass is 9.80. The molecule has 0 aliphatic rings. The Labute approximate surface area is 123 Å². The molecule has 0 aromatic rings. The molecule has 4 nitrogen and oxygen atoms in total. The Bertz CT molecular complexity index is 301. The van der Waals surface area contributed by atoms with E-state index in [1.807, 2.05) is 39.8 Å². The minimum Gasteiger partial charge on any atom is -0.392 e. The van der Waals surface area contributed by atoms with Gasteiger partial charge >= 0.3 is 0 Å². The summed E-state index contributed by atoms with van der Waals surface area (Å²) in [6.45, 7) is 8.41. The number of hydrogen-bond acceptors (Lipinski definition) is 3. The smallest absolute Gasteiger partial charge is 0.235 e. The lowest BCUT2D eigenvalue weighted by Crippen LogP contribution is -2.50. The maximum Gasteiger partial charge on any atom is 0.235 e. The van der Waals surface area contributed by atoms with Crippen LogP contribution in [0.1, 0.15) is 40.0 Å². The van der Waals surface area contributed by atoms with E-state index in [-0.39, 0.29) is 5.91 Å². The molecule has 0 aromatic carbocycles. The molecule has 19 heavy (non-hydrogen) atoms. The molecule has 0 aliphatic heterocycles. The third kappa shape index (κ3) is 4.73. The van der Waals surface area contributed by atoms with Crippen molar-refractivity contribution in [3.05, 3.63) is 0 Å². The molecule has 0 aliphatic carbocycles. The molecule has 0 radical (unpaired) electrons. The van der Waals surface area contributed by atoms with Gasteiger partial charge in [0.25, 0.3) is 0 Å². The summed E-state index contributed by atoms with van der Waals surface area (Å²) in [5.41, 5.74) is 5.18. The normalized spacial score (nSPS) is 11.7. The van der Waals surface area contributed by atoms with Gasteiger partial charge in [-0.15, -0.1) is 0 Å². The first-order valence-corrected chi connectivity index (χ1v) is 7.50. The summed E-state index contributed by atoms with van der Waals surface area (Å²) in [6.07, 6.45) is 2.30. The molecule has 0 unspecified atom stereocenters. The number of hydrogen-bond donors (Lipinski definition) is 1. The van der Waals surface area contributed by atoms with Gasteiger partial charge in [0, 0.05) is 13.1 Å². The van der Waals surface area contributed by atoms with Gasteiger partial charge in [-0.3, -0.25) is 4.79 Å². The summed E-state index contributed by atoms with van der Waals surface area (Å²) < 4.78 is 0. The first-order valence-electron chi connectivity index (χ1n) is 7.09. The van der Waals surface area contributed by atoms with E-state index < -0.39 is 5.41 Å². The van der Waals surface area contributed by atoms with Gasteiger partial charge in [0.1, 0.15) is 0 Å². The van der Waals surface area contributed by atoms with Crippen LogP contribution in [-0.2, 0) is 4.79 Å². The van der Waals surface area contributed by atoms with Crippen molar-refractivity contribution in [2.75, 3.05) is 33.7 Å². The summed E-state index contributed by atoms with van der Waals surface area (Å²) in [5.74, 6) is 0.0891. The molecule has 2 N–H and O–H groups in total. The van der Waals surface area contributed by atoms with E-state index in [2.05, 4.69) is 4.90 Å². The van der Waals surface area contributed by atoms with Crippen LogP contribution in [0.4, 0.5) is 0 Å². The van der Waals surface area contributed by atoms with Crippen LogP contribution < -0.4 is 5.73 Å². The summed E-state index contributed by atoms with van der Waals surface area (Å²) in [6, 6.07) is 0. The van der Waals surface area contributed by atoms with Gasteiger partial charge in [-0.05, 0) is 46.8 Å². The molecular formula is C14H29N3OS. The van der Waals surface area contributed by atoms with Gasteiger partial charge in [0.2, 0.25) is 5.91 Å². The fourth-order valence-electron chi connectivity index (χ4n) is 2.29. The molecule has 0 spiro atoms. The zero-order valence-corrected chi connectivity index (χ0v) is 13.8. The SMILES string of the molecule is CCN(CCCN(C)C)C(=O)C(CC)(CC)C(N)=S. The van der Waals surface area contributed by atoms with Crippen LogP contribution in [0.2, 0.25) is 0 Å². The highest BCUT2D eigenvalue weighted by Gasteiger charge is 2.40. The van der Waals surface area contributed by atoms with Crippen LogP contribution in [0, 0.1) is 5.41 Å². The van der Waals surface area contributed by atoms with E-state index in [9.17, 15) is 4.79 Å². The van der Waals surface area contributed by atoms with Crippen molar-refractivity contribution < 1.29 is 4.79 Å². The van der Waals surface area contributed by atoms with E-state index in [0.717, 1.165) is 19.5 Å². The second-order valence-corrected chi connectivity index (χ2v) is 5.63. The van der Waals surface area contributed by atoms with E-state index in [1.54, 1.807) is 0 Å². The second-order valence-electron chi connectivity index (χ2n) is 5.20. The maximum absolute atomic E-state index is 12.7. The lowest BCUT2D eigenvalue weighted by molar-refractivity contribution is -0.138. The number of carbonyl (C=O) groups excluding carboxylic acids is 1. The monoisotopic (exact) mass is 287 g/mol. The zero-order chi connectivity index (χ0) is 15.1. The number of thiocarbonyl (C=S) groups is 1. The van der Waals surface area contributed by atoms with Crippen LogP contribution in [0.3, 0.4) is 0 Å². The van der Waals surface area contributed by atoms with E-state index in [0.29, 0.717) is 24.4 Å². The third-order valence-corrected chi connectivity index (χ3v) is 4.18. The summed E-state index contributed by atoms with van der Waals surface area (Å²) in [4.78, 5) is 17.1. The summed E-state index contributed by atoms with van der Waals surface area (Å²) in [7, 11) is 4.07. The fourth-order valence-corrected chi connectivity index (χ4v) is 2.67. The van der Waals surface area contributed by atoms with E-state index in [4.69, 9.17) is 18.0 Å². The van der Waals surface area contributed by atoms with Gasteiger partial charge < -0.3 is 15.5 Å².